The SMILES string of the molecule is Cl.Oc1ccc2c(c1)CC[C@@]21C[C@H](c2ccc(OCCN3CCCCC3)cc2)c2cc(O)ccc21. The van der Waals surface area contributed by atoms with E-state index in [-0.39, 0.29) is 23.7 Å². The maximum atomic E-state index is 10.3. The van der Waals surface area contributed by atoms with Crippen LogP contribution in [0.2, 0.25) is 0 Å². The van der Waals surface area contributed by atoms with Crippen molar-refractivity contribution in [3.05, 3.63) is 88.5 Å². The Bertz CT molecular complexity index is 1190. The van der Waals surface area contributed by atoms with E-state index in [0.29, 0.717) is 11.5 Å². The van der Waals surface area contributed by atoms with Gasteiger partial charge < -0.3 is 14.9 Å². The summed E-state index contributed by atoms with van der Waals surface area (Å²) >= 11 is 0. The van der Waals surface area contributed by atoms with E-state index in [1.54, 1.807) is 0 Å². The third-order valence-corrected chi connectivity index (χ3v) is 8.31. The molecule has 2 atom stereocenters. The van der Waals surface area contributed by atoms with Crippen LogP contribution in [0.5, 0.6) is 17.2 Å². The molecule has 3 aromatic carbocycles. The topological polar surface area (TPSA) is 52.9 Å². The smallest absolute Gasteiger partial charge is 0.119 e. The highest BCUT2D eigenvalue weighted by molar-refractivity contribution is 5.85. The average Bonchev–Trinajstić information content (AvgIpc) is 3.38. The van der Waals surface area contributed by atoms with E-state index in [2.05, 4.69) is 41.3 Å². The molecule has 6 rings (SSSR count). The van der Waals surface area contributed by atoms with Gasteiger partial charge in [0.05, 0.1) is 0 Å². The van der Waals surface area contributed by atoms with Gasteiger partial charge in [-0.25, -0.2) is 0 Å². The van der Waals surface area contributed by atoms with E-state index >= 15 is 0 Å². The highest BCUT2D eigenvalue weighted by Crippen LogP contribution is 2.58. The predicted molar refractivity (Wildman–Crippen MR) is 141 cm³/mol. The molecule has 1 aliphatic heterocycles. The molecule has 0 radical (unpaired) electrons. The number of nitrogens with zero attached hydrogens (tertiary/aromatic N) is 1. The number of hydrogen-bond acceptors (Lipinski definition) is 4. The summed E-state index contributed by atoms with van der Waals surface area (Å²) in [5.74, 6) is 1.81. The lowest BCUT2D eigenvalue weighted by atomic mass is 9.76. The molecule has 0 amide bonds. The highest BCUT2D eigenvalue weighted by Gasteiger charge is 2.48. The molecule has 2 aliphatic carbocycles. The van der Waals surface area contributed by atoms with Gasteiger partial charge >= 0.3 is 0 Å². The van der Waals surface area contributed by atoms with Gasteiger partial charge in [-0.1, -0.05) is 30.7 Å². The Hall–Kier alpha value is -2.69. The van der Waals surface area contributed by atoms with Crippen LogP contribution in [0.25, 0.3) is 0 Å². The Morgan fingerprint density at radius 3 is 2.34 bits per heavy atom. The number of halogens is 1. The van der Waals surface area contributed by atoms with Gasteiger partial charge in [0.15, 0.2) is 0 Å². The van der Waals surface area contributed by atoms with Crippen LogP contribution < -0.4 is 4.74 Å². The standard InChI is InChI=1S/C30H33NO3.ClH/c32-23-6-10-28-22(18-23)12-13-30(28)20-27(26-19-24(33)7-11-29(26)30)21-4-8-25(9-5-21)34-17-16-31-14-2-1-3-15-31;/h4-11,18-19,27,32-33H,1-3,12-17,20H2;1H/t27-,30-;/m1./s1. The fraction of sp³-hybridized carbons (Fsp3) is 0.400. The number of rotatable bonds is 5. The van der Waals surface area contributed by atoms with Gasteiger partial charge in [-0.15, -0.1) is 12.4 Å². The molecule has 184 valence electrons. The van der Waals surface area contributed by atoms with E-state index in [9.17, 15) is 10.2 Å². The maximum absolute atomic E-state index is 10.3. The van der Waals surface area contributed by atoms with Crippen LogP contribution in [-0.4, -0.2) is 41.4 Å². The van der Waals surface area contributed by atoms with Crippen molar-refractivity contribution in [2.24, 2.45) is 0 Å². The first kappa shape index (κ1) is 24.0. The van der Waals surface area contributed by atoms with Gasteiger partial charge in [-0.2, -0.15) is 0 Å². The molecule has 2 N–H and O–H groups in total. The Morgan fingerprint density at radius 2 is 1.57 bits per heavy atom. The average molecular weight is 492 g/mol. The zero-order valence-electron chi connectivity index (χ0n) is 20.1. The molecule has 1 heterocycles. The zero-order chi connectivity index (χ0) is 23.1. The van der Waals surface area contributed by atoms with E-state index in [4.69, 9.17) is 4.74 Å². The quantitative estimate of drug-likeness (QED) is 0.449. The monoisotopic (exact) mass is 491 g/mol. The first-order valence-electron chi connectivity index (χ1n) is 12.7. The molecule has 5 heteroatoms. The number of aromatic hydroxyl groups is 2. The first-order chi connectivity index (χ1) is 16.6. The summed E-state index contributed by atoms with van der Waals surface area (Å²) in [5, 5.41) is 20.3. The summed E-state index contributed by atoms with van der Waals surface area (Å²) in [6.45, 7) is 4.11. The van der Waals surface area contributed by atoms with Crippen LogP contribution in [0.15, 0.2) is 60.7 Å². The maximum Gasteiger partial charge on any atom is 0.119 e. The minimum Gasteiger partial charge on any atom is -0.508 e. The normalized spacial score (nSPS) is 23.0. The lowest BCUT2D eigenvalue weighted by Gasteiger charge is -2.27. The molecule has 3 aromatic rings. The predicted octanol–water partition coefficient (Wildman–Crippen LogP) is 6.15. The van der Waals surface area contributed by atoms with Crippen molar-refractivity contribution in [2.45, 2.75) is 49.9 Å². The number of benzene rings is 3. The number of likely N-dealkylation sites (tertiary alicyclic amines) is 1. The summed E-state index contributed by atoms with van der Waals surface area (Å²) < 4.78 is 6.06. The van der Waals surface area contributed by atoms with Gasteiger partial charge in [-0.3, -0.25) is 4.90 Å². The second kappa shape index (κ2) is 9.75. The molecule has 0 aromatic heterocycles. The van der Waals surface area contributed by atoms with Crippen molar-refractivity contribution in [3.8, 4) is 17.2 Å². The summed E-state index contributed by atoms with van der Waals surface area (Å²) in [6, 6.07) is 20.3. The van der Waals surface area contributed by atoms with Crippen molar-refractivity contribution < 1.29 is 14.9 Å². The second-order valence-corrected chi connectivity index (χ2v) is 10.3. The highest BCUT2D eigenvalue weighted by atomic mass is 35.5. The minimum absolute atomic E-state index is 0. The summed E-state index contributed by atoms with van der Waals surface area (Å²) in [7, 11) is 0. The third kappa shape index (κ3) is 4.39. The number of phenols is 2. The molecular weight excluding hydrogens is 458 g/mol. The van der Waals surface area contributed by atoms with Gasteiger partial charge in [0.2, 0.25) is 0 Å². The molecule has 1 saturated heterocycles. The lowest BCUT2D eigenvalue weighted by molar-refractivity contribution is 0.183. The Morgan fingerprint density at radius 1 is 0.857 bits per heavy atom. The van der Waals surface area contributed by atoms with Crippen molar-refractivity contribution >= 4 is 12.4 Å². The van der Waals surface area contributed by atoms with Crippen LogP contribution in [0.3, 0.4) is 0 Å². The number of aryl methyl sites for hydroxylation is 1. The molecule has 35 heavy (non-hydrogen) atoms. The van der Waals surface area contributed by atoms with Crippen LogP contribution in [0, 0.1) is 0 Å². The lowest BCUT2D eigenvalue weighted by Crippen LogP contribution is -2.33. The van der Waals surface area contributed by atoms with Crippen LogP contribution in [-0.2, 0) is 11.8 Å². The Labute approximate surface area is 214 Å². The van der Waals surface area contributed by atoms with Crippen molar-refractivity contribution in [1.82, 2.24) is 4.90 Å². The van der Waals surface area contributed by atoms with Gasteiger partial charge in [0.25, 0.3) is 0 Å². The molecule has 4 nitrogen and oxygen atoms in total. The summed E-state index contributed by atoms with van der Waals surface area (Å²) in [4.78, 5) is 2.50. The fourth-order valence-corrected chi connectivity index (χ4v) is 6.64. The minimum atomic E-state index is -0.0552. The van der Waals surface area contributed by atoms with E-state index in [1.807, 2.05) is 24.3 Å². The number of ether oxygens (including phenoxy) is 1. The summed E-state index contributed by atoms with van der Waals surface area (Å²) in [6.07, 6.45) is 6.97. The summed E-state index contributed by atoms with van der Waals surface area (Å²) in [5.41, 5.74) is 6.33. The molecule has 0 bridgehead atoms. The molecule has 1 fully saturated rings. The van der Waals surface area contributed by atoms with Crippen LogP contribution in [0.1, 0.15) is 65.8 Å². The molecular formula is C30H34ClNO3. The molecule has 1 spiro atoms. The third-order valence-electron chi connectivity index (χ3n) is 8.31. The number of fused-ring (bicyclic) bond motifs is 4. The van der Waals surface area contributed by atoms with E-state index in [1.165, 1.54) is 60.2 Å². The largest absolute Gasteiger partial charge is 0.508 e. The Balaban J connectivity index is 0.00000253. The van der Waals surface area contributed by atoms with Crippen molar-refractivity contribution in [2.75, 3.05) is 26.2 Å². The molecule has 0 unspecified atom stereocenters. The van der Waals surface area contributed by atoms with Gasteiger partial charge in [0, 0.05) is 17.9 Å². The zero-order valence-corrected chi connectivity index (χ0v) is 20.9. The number of piperidine rings is 1. The number of hydrogen-bond donors (Lipinski definition) is 2. The van der Waals surface area contributed by atoms with Crippen LogP contribution in [0.4, 0.5) is 0 Å². The van der Waals surface area contributed by atoms with E-state index in [0.717, 1.165) is 38.2 Å². The molecule has 0 saturated carbocycles. The van der Waals surface area contributed by atoms with E-state index < -0.39 is 0 Å². The second-order valence-electron chi connectivity index (χ2n) is 10.3. The Kier molecular flexibility index (Phi) is 6.69. The van der Waals surface area contributed by atoms with Crippen LogP contribution >= 0.6 is 12.4 Å². The van der Waals surface area contributed by atoms with Gasteiger partial charge in [-0.05, 0) is 109 Å². The van der Waals surface area contributed by atoms with Crippen molar-refractivity contribution in [3.63, 3.8) is 0 Å². The molecule has 3 aliphatic rings. The fourth-order valence-electron chi connectivity index (χ4n) is 6.64. The first-order valence-corrected chi connectivity index (χ1v) is 12.7. The van der Waals surface area contributed by atoms with Gasteiger partial charge in [0.1, 0.15) is 23.9 Å². The van der Waals surface area contributed by atoms with Crippen molar-refractivity contribution in [1.29, 1.82) is 0 Å². The number of phenolic OH excluding ortho intramolecular Hbond substituents is 2.